The summed E-state index contributed by atoms with van der Waals surface area (Å²) in [6.07, 6.45) is 10.5. The molecule has 2 aromatic carbocycles. The molecule has 1 aliphatic carbocycles. The summed E-state index contributed by atoms with van der Waals surface area (Å²) < 4.78 is 0. The van der Waals surface area contributed by atoms with E-state index in [0.717, 1.165) is 25.5 Å². The van der Waals surface area contributed by atoms with Crippen molar-refractivity contribution in [3.05, 3.63) is 83.1 Å². The Bertz CT molecular complexity index is 818. The second-order valence-electron chi connectivity index (χ2n) is 9.00. The second-order valence-corrected chi connectivity index (χ2v) is 9.00. The van der Waals surface area contributed by atoms with Crippen LogP contribution in [-0.4, -0.2) is 30.8 Å². The molecule has 0 aromatic heterocycles. The lowest BCUT2D eigenvalue weighted by Crippen LogP contribution is -2.44. The fourth-order valence-electron chi connectivity index (χ4n) is 4.92. The van der Waals surface area contributed by atoms with Crippen molar-refractivity contribution in [3.63, 3.8) is 0 Å². The van der Waals surface area contributed by atoms with E-state index in [1.807, 2.05) is 13.1 Å². The molecule has 3 heteroatoms. The highest BCUT2D eigenvalue weighted by Gasteiger charge is 2.33. The molecule has 0 spiro atoms. The van der Waals surface area contributed by atoms with Crippen molar-refractivity contribution in [2.75, 3.05) is 13.6 Å². The van der Waals surface area contributed by atoms with Gasteiger partial charge in [0.15, 0.2) is 0 Å². The van der Waals surface area contributed by atoms with Crippen LogP contribution >= 0.6 is 0 Å². The zero-order valence-electron chi connectivity index (χ0n) is 21.4. The van der Waals surface area contributed by atoms with Gasteiger partial charge in [0.05, 0.1) is 18.6 Å². The highest BCUT2D eigenvalue weighted by atomic mass is 16.1. The molecule has 0 heterocycles. The smallest absolute Gasteiger partial charge is 0.139 e. The monoisotopic (exact) mass is 448 g/mol. The predicted octanol–water partition coefficient (Wildman–Crippen LogP) is 6.74. The van der Waals surface area contributed by atoms with Crippen LogP contribution in [0.3, 0.4) is 0 Å². The van der Waals surface area contributed by atoms with Crippen molar-refractivity contribution in [2.45, 2.75) is 78.3 Å². The molecule has 0 amide bonds. The van der Waals surface area contributed by atoms with E-state index in [0.29, 0.717) is 12.5 Å². The van der Waals surface area contributed by atoms with Crippen molar-refractivity contribution in [3.8, 4) is 0 Å². The van der Waals surface area contributed by atoms with E-state index in [-0.39, 0.29) is 12.1 Å². The highest BCUT2D eigenvalue weighted by molar-refractivity contribution is 5.53. The fourth-order valence-corrected chi connectivity index (χ4v) is 4.92. The highest BCUT2D eigenvalue weighted by Crippen LogP contribution is 2.34. The van der Waals surface area contributed by atoms with E-state index in [1.54, 1.807) is 0 Å². The molecule has 0 aliphatic heterocycles. The molecule has 0 fully saturated rings. The van der Waals surface area contributed by atoms with Crippen LogP contribution in [-0.2, 0) is 17.6 Å². The topological polar surface area (TPSA) is 32.3 Å². The number of nitrogens with zero attached hydrogens (tertiary/aromatic N) is 1. The first-order chi connectivity index (χ1) is 16.1. The molecule has 3 nitrogen and oxygen atoms in total. The molecule has 2 unspecified atom stereocenters. The van der Waals surface area contributed by atoms with Crippen LogP contribution in [0.2, 0.25) is 0 Å². The molecule has 33 heavy (non-hydrogen) atoms. The number of hydrogen-bond donors (Lipinski definition) is 1. The van der Waals surface area contributed by atoms with E-state index < -0.39 is 0 Å². The van der Waals surface area contributed by atoms with Gasteiger partial charge in [0.1, 0.15) is 6.29 Å². The average molecular weight is 449 g/mol. The van der Waals surface area contributed by atoms with Gasteiger partial charge in [-0.2, -0.15) is 0 Å². The van der Waals surface area contributed by atoms with Gasteiger partial charge in [0.25, 0.3) is 0 Å². The number of carbonyl (C=O) groups excluding carboxylic acids is 1. The first-order valence-corrected chi connectivity index (χ1v) is 12.8. The Morgan fingerprint density at radius 3 is 2.03 bits per heavy atom. The quantitative estimate of drug-likeness (QED) is 0.386. The maximum Gasteiger partial charge on any atom is 0.139 e. The van der Waals surface area contributed by atoms with Gasteiger partial charge in [0, 0.05) is 5.70 Å². The van der Waals surface area contributed by atoms with Crippen LogP contribution in [0.15, 0.2) is 66.4 Å². The van der Waals surface area contributed by atoms with Crippen molar-refractivity contribution >= 4 is 6.29 Å². The molecule has 0 saturated heterocycles. The van der Waals surface area contributed by atoms with Crippen molar-refractivity contribution in [1.29, 1.82) is 0 Å². The molecule has 0 saturated carbocycles. The number of hydrogen-bond acceptors (Lipinski definition) is 3. The Morgan fingerprint density at radius 2 is 1.58 bits per heavy atom. The molecule has 0 bridgehead atoms. The number of benzene rings is 2. The molecular weight excluding hydrogens is 404 g/mol. The summed E-state index contributed by atoms with van der Waals surface area (Å²) in [5.41, 5.74) is 5.39. The zero-order valence-corrected chi connectivity index (χ0v) is 21.4. The first kappa shape index (κ1) is 26.9. The first-order valence-electron chi connectivity index (χ1n) is 12.8. The maximum atomic E-state index is 11.6. The number of unbranched alkanes of at least 4 members (excludes halogenated alkanes) is 2. The number of rotatable bonds is 11. The summed E-state index contributed by atoms with van der Waals surface area (Å²) in [7, 11) is 2.05. The van der Waals surface area contributed by atoms with E-state index in [4.69, 9.17) is 0 Å². The Kier molecular flexibility index (Phi) is 12.0. The number of allylic oxidation sites excluding steroid dienone is 1. The van der Waals surface area contributed by atoms with Crippen molar-refractivity contribution < 1.29 is 4.79 Å². The minimum atomic E-state index is 0.142. The third-order valence-corrected chi connectivity index (χ3v) is 6.66. The van der Waals surface area contributed by atoms with Crippen LogP contribution in [0, 0.1) is 5.92 Å². The molecular formula is C30H44N2O. The largest absolute Gasteiger partial charge is 0.360 e. The summed E-state index contributed by atoms with van der Waals surface area (Å²) in [5.74, 6) is 0.498. The van der Waals surface area contributed by atoms with E-state index in [9.17, 15) is 4.79 Å². The Balaban J connectivity index is 0.000000696. The third-order valence-electron chi connectivity index (χ3n) is 6.66. The van der Waals surface area contributed by atoms with E-state index in [1.165, 1.54) is 41.6 Å². The predicted molar refractivity (Wildman–Crippen MR) is 141 cm³/mol. The van der Waals surface area contributed by atoms with Gasteiger partial charge in [-0.05, 0) is 55.8 Å². The molecule has 180 valence electrons. The normalized spacial score (nSPS) is 15.2. The van der Waals surface area contributed by atoms with E-state index in [2.05, 4.69) is 92.5 Å². The second kappa shape index (κ2) is 14.7. The summed E-state index contributed by atoms with van der Waals surface area (Å²) in [6, 6.07) is 19.6. The standard InChI is InChI=1S/C25H32N2O.C5H12/c1-4-10-24(27(15-16-28)19(2)20-11-6-5-7-12-20)25(26-3)23-17-21-13-8-9-14-22(21)18-23;1-3-5-4-2/h5-14,16,19,23,25-26H,4,15,17-18H2,1-3H3;3-5H2,1-2H3/b24-10+;. The van der Waals surface area contributed by atoms with Crippen LogP contribution in [0.4, 0.5) is 0 Å². The van der Waals surface area contributed by atoms with Crippen LogP contribution in [0.1, 0.15) is 76.1 Å². The molecule has 3 rings (SSSR count). The fraction of sp³-hybridized carbons (Fsp3) is 0.500. The van der Waals surface area contributed by atoms with Gasteiger partial charge in [-0.3, -0.25) is 0 Å². The Labute approximate surface area is 202 Å². The number of carbonyl (C=O) groups is 1. The summed E-state index contributed by atoms with van der Waals surface area (Å²) in [6.45, 7) is 9.19. The average Bonchev–Trinajstić information content (AvgIpc) is 3.27. The summed E-state index contributed by atoms with van der Waals surface area (Å²) in [5, 5.41) is 3.58. The van der Waals surface area contributed by atoms with Crippen LogP contribution in [0.25, 0.3) is 0 Å². The summed E-state index contributed by atoms with van der Waals surface area (Å²) in [4.78, 5) is 13.9. The maximum absolute atomic E-state index is 11.6. The lowest BCUT2D eigenvalue weighted by atomic mass is 9.91. The molecule has 1 aliphatic rings. The van der Waals surface area contributed by atoms with Gasteiger partial charge in [-0.1, -0.05) is 101 Å². The van der Waals surface area contributed by atoms with Gasteiger partial charge in [0.2, 0.25) is 0 Å². The SMILES string of the molecule is CC/C=C(\C(NC)C1Cc2ccccc2C1)N(CC=O)C(C)c1ccccc1.CCCCC. The Morgan fingerprint density at radius 1 is 1.00 bits per heavy atom. The Hall–Kier alpha value is -2.39. The third kappa shape index (κ3) is 7.57. The van der Waals surface area contributed by atoms with Crippen LogP contribution in [0.5, 0.6) is 0 Å². The molecule has 0 radical (unpaired) electrons. The molecule has 2 aromatic rings. The summed E-state index contributed by atoms with van der Waals surface area (Å²) >= 11 is 0. The van der Waals surface area contributed by atoms with Gasteiger partial charge >= 0.3 is 0 Å². The molecule has 2 atom stereocenters. The van der Waals surface area contributed by atoms with Crippen molar-refractivity contribution in [2.24, 2.45) is 5.92 Å². The van der Waals surface area contributed by atoms with Gasteiger partial charge in [-0.15, -0.1) is 0 Å². The van der Waals surface area contributed by atoms with Gasteiger partial charge in [-0.25, -0.2) is 0 Å². The number of fused-ring (bicyclic) bond motifs is 1. The van der Waals surface area contributed by atoms with E-state index >= 15 is 0 Å². The number of likely N-dealkylation sites (N-methyl/N-ethyl adjacent to an activating group) is 1. The molecule has 1 N–H and O–H groups in total. The zero-order chi connectivity index (χ0) is 24.1. The lowest BCUT2D eigenvalue weighted by Gasteiger charge is -2.38. The lowest BCUT2D eigenvalue weighted by molar-refractivity contribution is -0.109. The minimum Gasteiger partial charge on any atom is -0.360 e. The minimum absolute atomic E-state index is 0.142. The van der Waals surface area contributed by atoms with Crippen LogP contribution < -0.4 is 5.32 Å². The number of nitrogens with one attached hydrogen (secondary N) is 1. The van der Waals surface area contributed by atoms with Crippen molar-refractivity contribution in [1.82, 2.24) is 10.2 Å². The number of aldehydes is 1. The van der Waals surface area contributed by atoms with Gasteiger partial charge < -0.3 is 15.0 Å².